The lowest BCUT2D eigenvalue weighted by molar-refractivity contribution is 0.0877. The number of carbonyl (C=O) groups excluding carboxylic acids is 2. The predicted octanol–water partition coefficient (Wildman–Crippen LogP) is 5.28. The molecular formula is C20H20Cl4N6O2. The molecule has 0 saturated heterocycles. The second-order valence-electron chi connectivity index (χ2n) is 6.52. The average molecular weight is 518 g/mol. The normalized spacial score (nSPS) is 11.6. The van der Waals surface area contributed by atoms with Gasteiger partial charge in [0.2, 0.25) is 0 Å². The Balaban J connectivity index is 2.53. The molecule has 2 aromatic rings. The van der Waals surface area contributed by atoms with Gasteiger partial charge in [0.25, 0.3) is 5.91 Å². The largest absolute Gasteiger partial charge is 0.332 e. The number of nitrogens with one attached hydrogen (secondary N) is 3. The van der Waals surface area contributed by atoms with E-state index in [0.29, 0.717) is 10.6 Å². The molecule has 1 aromatic carbocycles. The molecule has 2 rings (SSSR count). The summed E-state index contributed by atoms with van der Waals surface area (Å²) in [6.07, 6.45) is 2.70. The number of hydrazine groups is 2. The van der Waals surface area contributed by atoms with Crippen molar-refractivity contribution in [3.63, 3.8) is 0 Å². The van der Waals surface area contributed by atoms with Crippen molar-refractivity contribution in [1.29, 1.82) is 0 Å². The fourth-order valence-electron chi connectivity index (χ4n) is 2.49. The van der Waals surface area contributed by atoms with Crippen LogP contribution in [-0.2, 0) is 0 Å². The molecule has 0 fully saturated rings. The Morgan fingerprint density at radius 1 is 1.19 bits per heavy atom. The number of pyridine rings is 1. The van der Waals surface area contributed by atoms with Gasteiger partial charge in [-0.25, -0.2) is 19.7 Å². The van der Waals surface area contributed by atoms with E-state index in [1.54, 1.807) is 33.2 Å². The number of nitrogens with zero attached hydrogens (tertiary/aromatic N) is 3. The second kappa shape index (κ2) is 11.5. The van der Waals surface area contributed by atoms with Crippen LogP contribution in [0.4, 0.5) is 16.3 Å². The monoisotopic (exact) mass is 516 g/mol. The Morgan fingerprint density at radius 2 is 1.88 bits per heavy atom. The first-order valence-corrected chi connectivity index (χ1v) is 10.5. The topological polar surface area (TPSA) is 89.6 Å². The number of anilines is 2. The number of urea groups is 1. The number of aromatic nitrogens is 1. The van der Waals surface area contributed by atoms with Crippen molar-refractivity contribution in [2.24, 2.45) is 0 Å². The van der Waals surface area contributed by atoms with Crippen LogP contribution in [0, 0.1) is 6.92 Å². The average Bonchev–Trinajstić information content (AvgIpc) is 2.74. The summed E-state index contributed by atoms with van der Waals surface area (Å²) in [5.41, 5.74) is 5.98. The molecule has 1 heterocycles. The predicted molar refractivity (Wildman–Crippen MR) is 130 cm³/mol. The first-order chi connectivity index (χ1) is 15.1. The van der Waals surface area contributed by atoms with E-state index in [4.69, 9.17) is 46.4 Å². The van der Waals surface area contributed by atoms with E-state index in [1.807, 2.05) is 0 Å². The Morgan fingerprint density at radius 3 is 2.47 bits per heavy atom. The summed E-state index contributed by atoms with van der Waals surface area (Å²) in [5.74, 6) is -0.503. The quantitative estimate of drug-likeness (QED) is 0.264. The van der Waals surface area contributed by atoms with Gasteiger partial charge in [-0.1, -0.05) is 53.0 Å². The molecule has 0 unspecified atom stereocenters. The summed E-state index contributed by atoms with van der Waals surface area (Å²) in [6.45, 7) is 5.24. The first kappa shape index (κ1) is 25.9. The molecule has 0 radical (unpaired) electrons. The van der Waals surface area contributed by atoms with Crippen LogP contribution in [0.3, 0.4) is 0 Å². The van der Waals surface area contributed by atoms with Gasteiger partial charge in [-0.15, -0.1) is 0 Å². The highest BCUT2D eigenvalue weighted by atomic mass is 35.5. The molecule has 170 valence electrons. The van der Waals surface area contributed by atoms with Crippen LogP contribution in [-0.4, -0.2) is 36.0 Å². The van der Waals surface area contributed by atoms with Crippen molar-refractivity contribution in [2.75, 3.05) is 24.3 Å². The van der Waals surface area contributed by atoms with Crippen LogP contribution in [0.15, 0.2) is 53.3 Å². The number of carbonyl (C=O) groups is 2. The highest BCUT2D eigenvalue weighted by Crippen LogP contribution is 2.32. The molecule has 1 aromatic heterocycles. The molecule has 0 atom stereocenters. The molecule has 8 nitrogen and oxygen atoms in total. The van der Waals surface area contributed by atoms with Crippen LogP contribution < -0.4 is 21.2 Å². The lowest BCUT2D eigenvalue weighted by Crippen LogP contribution is -2.46. The van der Waals surface area contributed by atoms with Crippen molar-refractivity contribution >= 4 is 69.8 Å². The molecule has 0 bridgehead atoms. The number of hydrogen-bond acceptors (Lipinski definition) is 5. The van der Waals surface area contributed by atoms with E-state index in [-0.39, 0.29) is 32.3 Å². The molecular weight excluding hydrogens is 498 g/mol. The first-order valence-electron chi connectivity index (χ1n) is 8.99. The molecule has 0 aliphatic carbocycles. The third-order valence-corrected chi connectivity index (χ3v) is 5.21. The van der Waals surface area contributed by atoms with Gasteiger partial charge in [-0.2, -0.15) is 5.53 Å². The number of rotatable bonds is 7. The van der Waals surface area contributed by atoms with Gasteiger partial charge >= 0.3 is 6.03 Å². The van der Waals surface area contributed by atoms with E-state index in [0.717, 1.165) is 4.90 Å². The standard InChI is InChI=1S/C20H20Cl4N6O2/c1-5-14(22)17(24)30(18-15(23)7-6-8-25-18)20(32)26-16-11(2)9-12(21)10-13(16)19(31)27-28-29(3)4/h5-10,28H,1H2,2-4H3,(H,26,32)(H,27,31)/b17-14+. The molecule has 3 N–H and O–H groups in total. The molecule has 0 aliphatic rings. The van der Waals surface area contributed by atoms with E-state index >= 15 is 0 Å². The maximum absolute atomic E-state index is 13.3. The summed E-state index contributed by atoms with van der Waals surface area (Å²) in [5, 5.41) is 4.47. The van der Waals surface area contributed by atoms with Crippen LogP contribution in [0.1, 0.15) is 15.9 Å². The SMILES string of the molecule is C=C/C(Cl)=C(/Cl)N(C(=O)Nc1c(C)cc(Cl)cc1C(=O)NNN(C)C)c1ncccc1Cl. The van der Waals surface area contributed by atoms with Crippen molar-refractivity contribution in [3.05, 3.63) is 74.5 Å². The zero-order valence-corrected chi connectivity index (χ0v) is 20.4. The van der Waals surface area contributed by atoms with Gasteiger partial charge in [-0.3, -0.25) is 10.2 Å². The zero-order valence-electron chi connectivity index (χ0n) is 17.3. The fourth-order valence-corrected chi connectivity index (χ4v) is 3.29. The lowest BCUT2D eigenvalue weighted by atomic mass is 10.1. The van der Waals surface area contributed by atoms with Crippen LogP contribution in [0.5, 0.6) is 0 Å². The third-order valence-electron chi connectivity index (χ3n) is 3.90. The Bertz CT molecular complexity index is 1070. The minimum absolute atomic E-state index is 0.00971. The summed E-state index contributed by atoms with van der Waals surface area (Å²) < 4.78 is 0. The zero-order chi connectivity index (χ0) is 24.0. The maximum atomic E-state index is 13.3. The van der Waals surface area contributed by atoms with E-state index in [2.05, 4.69) is 27.8 Å². The van der Waals surface area contributed by atoms with Crippen LogP contribution in [0.25, 0.3) is 0 Å². The Hall–Kier alpha value is -2.33. The summed E-state index contributed by atoms with van der Waals surface area (Å²) in [6, 6.07) is 5.38. The van der Waals surface area contributed by atoms with Gasteiger partial charge < -0.3 is 5.32 Å². The maximum Gasteiger partial charge on any atom is 0.332 e. The summed E-state index contributed by atoms with van der Waals surface area (Å²) in [7, 11) is 3.39. The van der Waals surface area contributed by atoms with Crippen molar-refractivity contribution in [3.8, 4) is 0 Å². The van der Waals surface area contributed by atoms with Gasteiger partial charge in [-0.05, 0) is 42.8 Å². The molecule has 3 amide bonds. The van der Waals surface area contributed by atoms with Gasteiger partial charge in [0.15, 0.2) is 5.82 Å². The van der Waals surface area contributed by atoms with Crippen molar-refractivity contribution in [2.45, 2.75) is 6.92 Å². The minimum Gasteiger partial charge on any atom is -0.306 e. The molecule has 12 heteroatoms. The van der Waals surface area contributed by atoms with E-state index in [9.17, 15) is 9.59 Å². The van der Waals surface area contributed by atoms with Gasteiger partial charge in [0, 0.05) is 25.3 Å². The minimum atomic E-state index is -0.768. The highest BCUT2D eigenvalue weighted by molar-refractivity contribution is 6.43. The Labute approximate surface area is 205 Å². The number of allylic oxidation sites excluding steroid dienone is 2. The molecule has 0 aliphatic heterocycles. The smallest absolute Gasteiger partial charge is 0.306 e. The fraction of sp³-hybridized carbons (Fsp3) is 0.150. The highest BCUT2D eigenvalue weighted by Gasteiger charge is 2.27. The van der Waals surface area contributed by atoms with E-state index in [1.165, 1.54) is 29.4 Å². The van der Waals surface area contributed by atoms with Gasteiger partial charge in [0.1, 0.15) is 5.16 Å². The van der Waals surface area contributed by atoms with Crippen LogP contribution in [0.2, 0.25) is 10.0 Å². The number of halogens is 4. The summed E-state index contributed by atoms with van der Waals surface area (Å²) in [4.78, 5) is 31.1. The number of hydrogen-bond donors (Lipinski definition) is 3. The second-order valence-corrected chi connectivity index (χ2v) is 8.13. The molecule has 0 saturated carbocycles. The van der Waals surface area contributed by atoms with Gasteiger partial charge in [0.05, 0.1) is 21.3 Å². The number of aryl methyl sites for hydroxylation is 1. The summed E-state index contributed by atoms with van der Waals surface area (Å²) >= 11 is 24.8. The molecule has 0 spiro atoms. The van der Waals surface area contributed by atoms with Crippen molar-refractivity contribution in [1.82, 2.24) is 21.0 Å². The Kier molecular flexibility index (Phi) is 9.33. The van der Waals surface area contributed by atoms with Crippen LogP contribution >= 0.6 is 46.4 Å². The lowest BCUT2D eigenvalue weighted by Gasteiger charge is -2.24. The van der Waals surface area contributed by atoms with Crippen molar-refractivity contribution < 1.29 is 9.59 Å². The number of amides is 3. The number of benzene rings is 1. The molecule has 32 heavy (non-hydrogen) atoms. The third kappa shape index (κ3) is 6.35. The van der Waals surface area contributed by atoms with E-state index < -0.39 is 11.9 Å².